The van der Waals surface area contributed by atoms with E-state index in [-0.39, 0.29) is 24.8 Å². The summed E-state index contributed by atoms with van der Waals surface area (Å²) < 4.78 is 4.85. The van der Waals surface area contributed by atoms with Gasteiger partial charge in [-0.1, -0.05) is 0 Å². The van der Waals surface area contributed by atoms with E-state index in [4.69, 9.17) is 9.52 Å². The maximum atomic E-state index is 11.3. The number of rotatable bonds is 4. The molecule has 1 rings (SSSR count). The molecule has 0 aliphatic heterocycles. The number of hydrogen-bond acceptors (Lipinski definition) is 4. The third-order valence-electron chi connectivity index (χ3n) is 1.58. The van der Waals surface area contributed by atoms with Crippen molar-refractivity contribution in [3.05, 3.63) is 18.4 Å². The molecule has 0 spiro atoms. The van der Waals surface area contributed by atoms with Crippen molar-refractivity contribution >= 4 is 11.9 Å². The summed E-state index contributed by atoms with van der Waals surface area (Å²) in [6, 6.07) is 0. The van der Waals surface area contributed by atoms with Gasteiger partial charge in [-0.05, 0) is 0 Å². The summed E-state index contributed by atoms with van der Waals surface area (Å²) in [5.74, 6) is -1.10. The Kier molecular flexibility index (Phi) is 3.22. The van der Waals surface area contributed by atoms with Crippen molar-refractivity contribution in [3.8, 4) is 0 Å². The van der Waals surface area contributed by atoms with Crippen molar-refractivity contribution in [1.29, 1.82) is 0 Å². The van der Waals surface area contributed by atoms with E-state index in [2.05, 4.69) is 4.98 Å². The van der Waals surface area contributed by atoms with Gasteiger partial charge in [-0.15, -0.1) is 0 Å². The molecule has 0 aromatic carbocycles. The lowest BCUT2D eigenvalue weighted by Crippen LogP contribution is -2.33. The van der Waals surface area contributed by atoms with Gasteiger partial charge in [0.2, 0.25) is 11.8 Å². The fourth-order valence-corrected chi connectivity index (χ4v) is 0.896. The Morgan fingerprint density at radius 2 is 2.36 bits per heavy atom. The molecule has 0 saturated carbocycles. The molecule has 0 aliphatic carbocycles. The third-order valence-corrected chi connectivity index (χ3v) is 1.58. The quantitative estimate of drug-likeness (QED) is 0.721. The van der Waals surface area contributed by atoms with E-state index < -0.39 is 5.97 Å². The molecule has 76 valence electrons. The van der Waals surface area contributed by atoms with E-state index >= 15 is 0 Å². The van der Waals surface area contributed by atoms with Crippen LogP contribution in [-0.4, -0.2) is 40.5 Å². The summed E-state index contributed by atoms with van der Waals surface area (Å²) >= 11 is 0. The molecule has 6 nitrogen and oxygen atoms in total. The molecule has 1 heterocycles. The van der Waals surface area contributed by atoms with E-state index in [1.165, 1.54) is 19.5 Å². The minimum atomic E-state index is -1.05. The number of carboxylic acids is 1. The van der Waals surface area contributed by atoms with E-state index in [9.17, 15) is 9.59 Å². The van der Waals surface area contributed by atoms with Crippen LogP contribution < -0.4 is 0 Å². The van der Waals surface area contributed by atoms with Crippen LogP contribution in [0.5, 0.6) is 0 Å². The minimum Gasteiger partial charge on any atom is -0.480 e. The topological polar surface area (TPSA) is 83.6 Å². The van der Waals surface area contributed by atoms with Gasteiger partial charge in [0.1, 0.15) is 19.2 Å². The number of nitrogens with zero attached hydrogens (tertiary/aromatic N) is 2. The molecule has 0 fully saturated rings. The standard InChI is InChI=1S/C8H10N2O4/c1-10(5-8(12)13)7(11)4-6-9-2-3-14-6/h2-3H,4-5H2,1H3,(H,12,13). The summed E-state index contributed by atoms with van der Waals surface area (Å²) in [7, 11) is 1.42. The van der Waals surface area contributed by atoms with Crippen molar-refractivity contribution in [2.75, 3.05) is 13.6 Å². The van der Waals surface area contributed by atoms with Gasteiger partial charge >= 0.3 is 5.97 Å². The first-order chi connectivity index (χ1) is 6.59. The molecule has 0 saturated heterocycles. The molecule has 0 bridgehead atoms. The molecule has 1 amide bonds. The van der Waals surface area contributed by atoms with E-state index in [1.54, 1.807) is 0 Å². The second-order valence-electron chi connectivity index (χ2n) is 2.75. The summed E-state index contributed by atoms with van der Waals surface area (Å²) in [4.78, 5) is 26.5. The van der Waals surface area contributed by atoms with Crippen LogP contribution in [0.15, 0.2) is 16.9 Å². The number of amides is 1. The molecule has 1 N–H and O–H groups in total. The number of likely N-dealkylation sites (N-methyl/N-ethyl adjacent to an activating group) is 1. The Morgan fingerprint density at radius 1 is 1.64 bits per heavy atom. The lowest BCUT2D eigenvalue weighted by atomic mass is 10.3. The summed E-state index contributed by atoms with van der Waals surface area (Å²) in [6.07, 6.45) is 2.77. The molecular weight excluding hydrogens is 188 g/mol. The highest BCUT2D eigenvalue weighted by Crippen LogP contribution is 1.98. The lowest BCUT2D eigenvalue weighted by Gasteiger charge is -2.12. The molecule has 14 heavy (non-hydrogen) atoms. The normalized spacial score (nSPS) is 9.79. The number of oxazole rings is 1. The van der Waals surface area contributed by atoms with Crippen LogP contribution in [-0.2, 0) is 16.0 Å². The zero-order chi connectivity index (χ0) is 10.6. The Balaban J connectivity index is 2.46. The van der Waals surface area contributed by atoms with Crippen LogP contribution in [0.4, 0.5) is 0 Å². The lowest BCUT2D eigenvalue weighted by molar-refractivity contribution is -0.143. The van der Waals surface area contributed by atoms with E-state index in [1.807, 2.05) is 0 Å². The van der Waals surface area contributed by atoms with Gasteiger partial charge in [-0.25, -0.2) is 4.98 Å². The van der Waals surface area contributed by atoms with Crippen LogP contribution in [0.3, 0.4) is 0 Å². The number of aliphatic carboxylic acids is 1. The second kappa shape index (κ2) is 4.40. The van der Waals surface area contributed by atoms with Gasteiger partial charge in [0.25, 0.3) is 0 Å². The number of carboxylic acid groups (broad SMARTS) is 1. The SMILES string of the molecule is CN(CC(=O)O)C(=O)Cc1ncco1. The Morgan fingerprint density at radius 3 is 2.86 bits per heavy atom. The van der Waals surface area contributed by atoms with Crippen molar-refractivity contribution in [3.63, 3.8) is 0 Å². The fraction of sp³-hybridized carbons (Fsp3) is 0.375. The third kappa shape index (κ3) is 2.89. The van der Waals surface area contributed by atoms with Crippen LogP contribution in [0.1, 0.15) is 5.89 Å². The molecular formula is C8H10N2O4. The van der Waals surface area contributed by atoms with E-state index in [0.29, 0.717) is 0 Å². The number of carbonyl (C=O) groups excluding carboxylic acids is 1. The molecule has 0 unspecified atom stereocenters. The Labute approximate surface area is 80.1 Å². The zero-order valence-electron chi connectivity index (χ0n) is 7.64. The van der Waals surface area contributed by atoms with Gasteiger partial charge in [-0.2, -0.15) is 0 Å². The average Bonchev–Trinajstić information content (AvgIpc) is 2.55. The van der Waals surface area contributed by atoms with Crippen LogP contribution >= 0.6 is 0 Å². The summed E-state index contributed by atoms with van der Waals surface area (Å²) in [6.45, 7) is -0.320. The van der Waals surface area contributed by atoms with Crippen molar-refractivity contribution in [1.82, 2.24) is 9.88 Å². The van der Waals surface area contributed by atoms with Crippen LogP contribution in [0, 0.1) is 0 Å². The van der Waals surface area contributed by atoms with Crippen molar-refractivity contribution in [2.45, 2.75) is 6.42 Å². The maximum absolute atomic E-state index is 11.3. The predicted molar refractivity (Wildman–Crippen MR) is 45.5 cm³/mol. The van der Waals surface area contributed by atoms with Gasteiger partial charge < -0.3 is 14.4 Å². The van der Waals surface area contributed by atoms with Gasteiger partial charge in [0.05, 0.1) is 6.20 Å². The van der Waals surface area contributed by atoms with Gasteiger partial charge in [0, 0.05) is 7.05 Å². The highest BCUT2D eigenvalue weighted by Gasteiger charge is 2.14. The smallest absolute Gasteiger partial charge is 0.323 e. The van der Waals surface area contributed by atoms with Crippen molar-refractivity contribution < 1.29 is 19.1 Å². The zero-order valence-corrected chi connectivity index (χ0v) is 7.64. The first kappa shape index (κ1) is 10.2. The molecule has 0 aliphatic rings. The predicted octanol–water partition coefficient (Wildman–Crippen LogP) is -0.240. The number of carbonyl (C=O) groups is 2. The van der Waals surface area contributed by atoms with Gasteiger partial charge in [-0.3, -0.25) is 9.59 Å². The Hall–Kier alpha value is -1.85. The largest absolute Gasteiger partial charge is 0.480 e. The highest BCUT2D eigenvalue weighted by atomic mass is 16.4. The molecule has 1 aromatic rings. The summed E-state index contributed by atoms with van der Waals surface area (Å²) in [5, 5.41) is 8.43. The highest BCUT2D eigenvalue weighted by molar-refractivity contribution is 5.82. The Bertz CT molecular complexity index is 320. The number of aromatic nitrogens is 1. The average molecular weight is 198 g/mol. The molecule has 0 radical (unpaired) electrons. The summed E-state index contributed by atoms with van der Waals surface area (Å²) in [5.41, 5.74) is 0. The van der Waals surface area contributed by atoms with Crippen LogP contribution in [0.25, 0.3) is 0 Å². The first-order valence-electron chi connectivity index (χ1n) is 3.93. The first-order valence-corrected chi connectivity index (χ1v) is 3.93. The number of hydrogen-bond donors (Lipinski definition) is 1. The van der Waals surface area contributed by atoms with Crippen LogP contribution in [0.2, 0.25) is 0 Å². The fourth-order valence-electron chi connectivity index (χ4n) is 0.896. The van der Waals surface area contributed by atoms with E-state index in [0.717, 1.165) is 4.90 Å². The monoisotopic (exact) mass is 198 g/mol. The molecule has 6 heteroatoms. The molecule has 1 aromatic heterocycles. The maximum Gasteiger partial charge on any atom is 0.323 e. The van der Waals surface area contributed by atoms with Gasteiger partial charge in [0.15, 0.2) is 0 Å². The van der Waals surface area contributed by atoms with Crippen molar-refractivity contribution in [2.24, 2.45) is 0 Å². The minimum absolute atomic E-state index is 0.0171. The molecule has 0 atom stereocenters. The second-order valence-corrected chi connectivity index (χ2v) is 2.75.